The van der Waals surface area contributed by atoms with Crippen molar-refractivity contribution in [3.05, 3.63) is 89.7 Å². The summed E-state index contributed by atoms with van der Waals surface area (Å²) in [6.07, 6.45) is 4.30. The summed E-state index contributed by atoms with van der Waals surface area (Å²) < 4.78 is 1.94. The standard InChI is InChI=1S/C21H19N3O2/c22-20(25)19-13-15-6-1-2-7-17(15)14-24(19)21(26)16-8-5-9-18(12-16)23-10-3-4-11-23/h1-12,19H,13-14H2,(H2,22,25)/t19-/m1/s1. The van der Waals surface area contributed by atoms with Crippen LogP contribution in [0.25, 0.3) is 5.69 Å². The highest BCUT2D eigenvalue weighted by molar-refractivity contribution is 5.98. The third kappa shape index (κ3) is 2.88. The van der Waals surface area contributed by atoms with E-state index in [2.05, 4.69) is 0 Å². The summed E-state index contributed by atoms with van der Waals surface area (Å²) in [6, 6.07) is 18.5. The third-order valence-corrected chi connectivity index (χ3v) is 4.83. The van der Waals surface area contributed by atoms with E-state index in [9.17, 15) is 9.59 Å². The molecule has 0 aliphatic carbocycles. The van der Waals surface area contributed by atoms with Gasteiger partial charge in [-0.25, -0.2) is 0 Å². The Morgan fingerprint density at radius 3 is 2.38 bits per heavy atom. The predicted octanol–water partition coefficient (Wildman–Crippen LogP) is 2.53. The van der Waals surface area contributed by atoms with E-state index < -0.39 is 11.9 Å². The van der Waals surface area contributed by atoms with Gasteiger partial charge in [-0.05, 0) is 41.5 Å². The summed E-state index contributed by atoms with van der Waals surface area (Å²) in [4.78, 5) is 26.7. The van der Waals surface area contributed by atoms with Crippen LogP contribution in [0.1, 0.15) is 21.5 Å². The van der Waals surface area contributed by atoms with Gasteiger partial charge in [0.15, 0.2) is 0 Å². The molecule has 1 aromatic heterocycles. The van der Waals surface area contributed by atoms with Crippen molar-refractivity contribution < 1.29 is 9.59 Å². The number of hydrogen-bond acceptors (Lipinski definition) is 2. The molecule has 0 bridgehead atoms. The zero-order chi connectivity index (χ0) is 18.1. The molecular weight excluding hydrogens is 326 g/mol. The van der Waals surface area contributed by atoms with Crippen LogP contribution in [-0.4, -0.2) is 27.3 Å². The van der Waals surface area contributed by atoms with Crippen molar-refractivity contribution in [1.82, 2.24) is 9.47 Å². The molecule has 5 nitrogen and oxygen atoms in total. The minimum Gasteiger partial charge on any atom is -0.368 e. The van der Waals surface area contributed by atoms with E-state index >= 15 is 0 Å². The quantitative estimate of drug-likeness (QED) is 0.792. The number of aromatic nitrogens is 1. The van der Waals surface area contributed by atoms with Crippen LogP contribution in [0.3, 0.4) is 0 Å². The Morgan fingerprint density at radius 1 is 0.923 bits per heavy atom. The summed E-state index contributed by atoms with van der Waals surface area (Å²) in [5.74, 6) is -0.660. The second-order valence-electron chi connectivity index (χ2n) is 6.46. The van der Waals surface area contributed by atoms with E-state index in [0.29, 0.717) is 18.5 Å². The Labute approximate surface area is 151 Å². The maximum Gasteiger partial charge on any atom is 0.254 e. The van der Waals surface area contributed by atoms with E-state index in [1.54, 1.807) is 11.0 Å². The van der Waals surface area contributed by atoms with E-state index in [1.165, 1.54) is 0 Å². The molecule has 3 aromatic rings. The van der Waals surface area contributed by atoms with Crippen molar-refractivity contribution in [1.29, 1.82) is 0 Å². The smallest absolute Gasteiger partial charge is 0.254 e. The molecule has 2 amide bonds. The van der Waals surface area contributed by atoms with Gasteiger partial charge >= 0.3 is 0 Å². The second kappa shape index (κ2) is 6.52. The van der Waals surface area contributed by atoms with Crippen LogP contribution in [0.4, 0.5) is 0 Å². The predicted molar refractivity (Wildman–Crippen MR) is 98.8 cm³/mol. The van der Waals surface area contributed by atoms with Gasteiger partial charge in [0.05, 0.1) is 0 Å². The first-order chi connectivity index (χ1) is 12.6. The van der Waals surface area contributed by atoms with Crippen molar-refractivity contribution in [3.63, 3.8) is 0 Å². The largest absolute Gasteiger partial charge is 0.368 e. The average molecular weight is 345 g/mol. The molecule has 1 aliphatic rings. The van der Waals surface area contributed by atoms with E-state index in [1.807, 2.05) is 71.6 Å². The van der Waals surface area contributed by atoms with Gasteiger partial charge < -0.3 is 15.2 Å². The molecule has 1 aliphatic heterocycles. The zero-order valence-corrected chi connectivity index (χ0v) is 14.2. The summed E-state index contributed by atoms with van der Waals surface area (Å²) in [6.45, 7) is 0.385. The SMILES string of the molecule is NC(=O)[C@H]1Cc2ccccc2CN1C(=O)c1cccc(-n2cccc2)c1. The van der Waals surface area contributed by atoms with Crippen LogP contribution in [0, 0.1) is 0 Å². The van der Waals surface area contributed by atoms with Gasteiger partial charge in [-0.15, -0.1) is 0 Å². The van der Waals surface area contributed by atoms with E-state index in [-0.39, 0.29) is 5.91 Å². The topological polar surface area (TPSA) is 68.3 Å². The lowest BCUT2D eigenvalue weighted by Crippen LogP contribution is -2.51. The summed E-state index contributed by atoms with van der Waals surface area (Å²) >= 11 is 0. The van der Waals surface area contributed by atoms with Crippen molar-refractivity contribution in [2.75, 3.05) is 0 Å². The molecule has 0 radical (unpaired) electrons. The molecular formula is C21H19N3O2. The molecule has 0 saturated heterocycles. The molecule has 26 heavy (non-hydrogen) atoms. The first-order valence-electron chi connectivity index (χ1n) is 8.54. The number of benzene rings is 2. The maximum absolute atomic E-state index is 13.2. The number of fused-ring (bicyclic) bond motifs is 1. The molecule has 2 aromatic carbocycles. The number of nitrogens with two attached hydrogens (primary N) is 1. The Hall–Kier alpha value is -3.34. The normalized spacial score (nSPS) is 16.2. The van der Waals surface area contributed by atoms with Gasteiger partial charge in [0.25, 0.3) is 5.91 Å². The molecule has 1 atom stereocenters. The Kier molecular flexibility index (Phi) is 4.05. The van der Waals surface area contributed by atoms with E-state index in [4.69, 9.17) is 5.73 Å². The zero-order valence-electron chi connectivity index (χ0n) is 14.2. The van der Waals surface area contributed by atoms with Crippen LogP contribution in [-0.2, 0) is 17.8 Å². The van der Waals surface area contributed by atoms with Gasteiger partial charge in [0.2, 0.25) is 5.91 Å². The number of nitrogens with zero attached hydrogens (tertiary/aromatic N) is 2. The minimum atomic E-state index is -0.632. The van der Waals surface area contributed by atoms with Gasteiger partial charge in [-0.2, -0.15) is 0 Å². The van der Waals surface area contributed by atoms with Crippen molar-refractivity contribution in [2.45, 2.75) is 19.0 Å². The Morgan fingerprint density at radius 2 is 1.65 bits per heavy atom. The summed E-state index contributed by atoms with van der Waals surface area (Å²) in [5.41, 5.74) is 9.17. The van der Waals surface area contributed by atoms with Crippen LogP contribution >= 0.6 is 0 Å². The van der Waals surface area contributed by atoms with Gasteiger partial charge in [-0.1, -0.05) is 30.3 Å². The molecule has 0 spiro atoms. The number of carbonyl (C=O) groups is 2. The maximum atomic E-state index is 13.2. The van der Waals surface area contributed by atoms with Gasteiger partial charge in [0, 0.05) is 36.6 Å². The lowest BCUT2D eigenvalue weighted by atomic mass is 9.93. The van der Waals surface area contributed by atoms with Crippen LogP contribution in [0.2, 0.25) is 0 Å². The van der Waals surface area contributed by atoms with Crippen molar-refractivity contribution in [3.8, 4) is 5.69 Å². The second-order valence-corrected chi connectivity index (χ2v) is 6.46. The fourth-order valence-corrected chi connectivity index (χ4v) is 3.46. The number of rotatable bonds is 3. The lowest BCUT2D eigenvalue weighted by Gasteiger charge is -2.35. The molecule has 130 valence electrons. The van der Waals surface area contributed by atoms with Crippen LogP contribution in [0.5, 0.6) is 0 Å². The first-order valence-corrected chi connectivity index (χ1v) is 8.54. The minimum absolute atomic E-state index is 0.183. The fourth-order valence-electron chi connectivity index (χ4n) is 3.46. The first kappa shape index (κ1) is 16.1. The van der Waals surface area contributed by atoms with Crippen molar-refractivity contribution in [2.24, 2.45) is 5.73 Å². The van der Waals surface area contributed by atoms with E-state index in [0.717, 1.165) is 16.8 Å². The van der Waals surface area contributed by atoms with Crippen LogP contribution < -0.4 is 5.73 Å². The van der Waals surface area contributed by atoms with Crippen molar-refractivity contribution >= 4 is 11.8 Å². The highest BCUT2D eigenvalue weighted by Crippen LogP contribution is 2.25. The lowest BCUT2D eigenvalue weighted by molar-refractivity contribution is -0.122. The number of hydrogen-bond donors (Lipinski definition) is 1. The van der Waals surface area contributed by atoms with Crippen LogP contribution in [0.15, 0.2) is 73.1 Å². The number of carbonyl (C=O) groups excluding carboxylic acids is 2. The van der Waals surface area contributed by atoms with Gasteiger partial charge in [0.1, 0.15) is 6.04 Å². The number of primary amides is 1. The van der Waals surface area contributed by atoms with Gasteiger partial charge in [-0.3, -0.25) is 9.59 Å². The highest BCUT2D eigenvalue weighted by atomic mass is 16.2. The molecule has 2 heterocycles. The molecule has 4 rings (SSSR count). The fraction of sp³-hybridized carbons (Fsp3) is 0.143. The Balaban J connectivity index is 1.68. The molecule has 0 fully saturated rings. The molecule has 0 saturated carbocycles. The summed E-state index contributed by atoms with van der Waals surface area (Å²) in [7, 11) is 0. The Bertz CT molecular complexity index is 963. The summed E-state index contributed by atoms with van der Waals surface area (Å²) in [5, 5.41) is 0. The molecule has 5 heteroatoms. The molecule has 0 unspecified atom stereocenters. The highest BCUT2D eigenvalue weighted by Gasteiger charge is 2.33. The number of amides is 2. The third-order valence-electron chi connectivity index (χ3n) is 4.83. The monoisotopic (exact) mass is 345 g/mol. The molecule has 2 N–H and O–H groups in total. The average Bonchev–Trinajstić information content (AvgIpc) is 3.21.